The first-order chi connectivity index (χ1) is 6.40. The van der Waals surface area contributed by atoms with Gasteiger partial charge in [0.25, 0.3) is 6.92 Å². The Balaban J connectivity index is 0. The van der Waals surface area contributed by atoms with Crippen molar-refractivity contribution in [3.8, 4) is 0 Å². The molecule has 0 saturated carbocycles. The second kappa shape index (κ2) is 6.57. The average Bonchev–Trinajstić information content (AvgIpc) is 1.78. The average molecular weight is 214 g/mol. The van der Waals surface area contributed by atoms with Crippen LogP contribution in [0.5, 0.6) is 0 Å². The van der Waals surface area contributed by atoms with Crippen molar-refractivity contribution in [2.75, 3.05) is 0 Å². The molecule has 0 aromatic carbocycles. The second-order valence-electron chi connectivity index (χ2n) is 6.66. The zero-order valence-electron chi connectivity index (χ0n) is 12.6. The van der Waals surface area contributed by atoms with E-state index in [9.17, 15) is 0 Å². The van der Waals surface area contributed by atoms with Crippen molar-refractivity contribution in [1.29, 1.82) is 0 Å². The van der Waals surface area contributed by atoms with Crippen molar-refractivity contribution < 1.29 is 4.65 Å². The second-order valence-corrected chi connectivity index (χ2v) is 6.66. The summed E-state index contributed by atoms with van der Waals surface area (Å²) in [6.45, 7) is 21.9. The van der Waals surface area contributed by atoms with Crippen LogP contribution in [0.25, 0.3) is 0 Å². The van der Waals surface area contributed by atoms with E-state index >= 15 is 0 Å². The molecular weight excluding hydrogens is 183 g/mol. The molecule has 15 heavy (non-hydrogen) atoms. The summed E-state index contributed by atoms with van der Waals surface area (Å²) in [7, 11) is 0. The van der Waals surface area contributed by atoms with Crippen LogP contribution < -0.4 is 0 Å². The van der Waals surface area contributed by atoms with Gasteiger partial charge in [-0.2, -0.15) is 0 Å². The Morgan fingerprint density at radius 3 is 1.20 bits per heavy atom. The van der Waals surface area contributed by atoms with Gasteiger partial charge >= 0.3 is 0 Å². The predicted molar refractivity (Wildman–Crippen MR) is 72.6 cm³/mol. The van der Waals surface area contributed by atoms with Crippen LogP contribution in [-0.4, -0.2) is 12.5 Å². The van der Waals surface area contributed by atoms with Crippen molar-refractivity contribution in [3.05, 3.63) is 0 Å². The van der Waals surface area contributed by atoms with Gasteiger partial charge in [0.2, 0.25) is 0 Å². The lowest BCUT2D eigenvalue weighted by atomic mass is 9.70. The zero-order valence-corrected chi connectivity index (χ0v) is 12.6. The fraction of sp³-hybridized carbons (Fsp3) is 1.00. The number of hydrogen-bond donors (Lipinski definition) is 0. The monoisotopic (exact) mass is 214 g/mol. The summed E-state index contributed by atoms with van der Waals surface area (Å²) in [5, 5.41) is 0. The third-order valence-corrected chi connectivity index (χ3v) is 2.34. The Kier molecular flexibility index (Phi) is 7.63. The molecule has 0 unspecified atom stereocenters. The van der Waals surface area contributed by atoms with Gasteiger partial charge in [-0.25, -0.2) is 0 Å². The molecule has 92 valence electrons. The lowest BCUT2D eigenvalue weighted by Crippen LogP contribution is -2.42. The zero-order chi connectivity index (χ0) is 12.9. The molecule has 0 bridgehead atoms. The van der Waals surface area contributed by atoms with E-state index in [0.29, 0.717) is 6.92 Å². The van der Waals surface area contributed by atoms with E-state index in [1.807, 2.05) is 0 Å². The predicted octanol–water partition coefficient (Wildman–Crippen LogP) is 4.74. The summed E-state index contributed by atoms with van der Waals surface area (Å²) in [6.07, 6.45) is 0. The highest BCUT2D eigenvalue weighted by Gasteiger charge is 2.34. The minimum absolute atomic E-state index is 0.0405. The normalized spacial score (nSPS) is 12.2. The van der Waals surface area contributed by atoms with Crippen LogP contribution in [0.2, 0.25) is 13.6 Å². The summed E-state index contributed by atoms with van der Waals surface area (Å²) in [4.78, 5) is 0. The minimum Gasteiger partial charge on any atom is -0.431 e. The van der Waals surface area contributed by atoms with Gasteiger partial charge in [-0.3, -0.25) is 0 Å². The van der Waals surface area contributed by atoms with Gasteiger partial charge in [-0.1, -0.05) is 55.2 Å². The van der Waals surface area contributed by atoms with Crippen molar-refractivity contribution in [2.45, 2.75) is 74.6 Å². The first-order valence-electron chi connectivity index (χ1n) is 6.08. The summed E-state index contributed by atoms with van der Waals surface area (Å²) in [6, 6.07) is 0. The van der Waals surface area contributed by atoms with E-state index in [1.165, 1.54) is 0 Å². The highest BCUT2D eigenvalue weighted by atomic mass is 16.5. The molecule has 0 radical (unpaired) electrons. The van der Waals surface area contributed by atoms with Gasteiger partial charge in [0.1, 0.15) is 0 Å². The molecule has 0 aromatic rings. The lowest BCUT2D eigenvalue weighted by molar-refractivity contribution is -0.000826. The summed E-state index contributed by atoms with van der Waals surface area (Å²) in [5.74, 6) is 0.833. The van der Waals surface area contributed by atoms with Gasteiger partial charge < -0.3 is 4.65 Å². The molecule has 0 N–H and O–H groups in total. The van der Waals surface area contributed by atoms with Crippen LogP contribution in [0.4, 0.5) is 0 Å². The molecule has 0 amide bonds. The molecule has 0 heterocycles. The molecule has 0 fully saturated rings. The molecule has 0 saturated heterocycles. The summed E-state index contributed by atoms with van der Waals surface area (Å²) >= 11 is 0. The third kappa shape index (κ3) is 10.3. The maximum atomic E-state index is 5.80. The molecule has 0 aromatic heterocycles. The molecular formula is C13H31BO. The molecule has 2 heteroatoms. The van der Waals surface area contributed by atoms with Crippen LogP contribution >= 0.6 is 0 Å². The largest absolute Gasteiger partial charge is 0.431 e. The molecule has 0 spiro atoms. The molecule has 0 aliphatic heterocycles. The van der Waals surface area contributed by atoms with Gasteiger partial charge in [-0.05, 0) is 25.2 Å². The minimum atomic E-state index is -0.0405. The van der Waals surface area contributed by atoms with Crippen LogP contribution in [0.15, 0.2) is 0 Å². The van der Waals surface area contributed by atoms with Crippen LogP contribution in [0.1, 0.15) is 55.4 Å². The fourth-order valence-electron chi connectivity index (χ4n) is 0.766. The Morgan fingerprint density at radius 1 is 0.867 bits per heavy atom. The van der Waals surface area contributed by atoms with E-state index in [4.69, 9.17) is 4.65 Å². The maximum Gasteiger partial charge on any atom is 0.287 e. The Bertz CT molecular complexity index is 152. The van der Waals surface area contributed by atoms with Crippen molar-refractivity contribution in [3.63, 3.8) is 0 Å². The first kappa shape index (κ1) is 17.4. The van der Waals surface area contributed by atoms with E-state index in [0.717, 1.165) is 5.92 Å². The van der Waals surface area contributed by atoms with E-state index in [2.05, 4.69) is 69.0 Å². The highest BCUT2D eigenvalue weighted by Crippen LogP contribution is 2.33. The van der Waals surface area contributed by atoms with Crippen LogP contribution in [-0.2, 0) is 4.65 Å². The molecule has 0 rings (SSSR count). The van der Waals surface area contributed by atoms with Gasteiger partial charge in [0, 0.05) is 0 Å². The van der Waals surface area contributed by atoms with Gasteiger partial charge in [0.15, 0.2) is 0 Å². The van der Waals surface area contributed by atoms with E-state index < -0.39 is 0 Å². The SMILES string of the molecule is CB(C)OC(C)(C)C(C)(C)C.CC(C)C. The number of rotatable bonds is 2. The Morgan fingerprint density at radius 2 is 1.13 bits per heavy atom. The lowest BCUT2D eigenvalue weighted by Gasteiger charge is -2.40. The third-order valence-electron chi connectivity index (χ3n) is 2.34. The van der Waals surface area contributed by atoms with Gasteiger partial charge in [-0.15, -0.1) is 0 Å². The summed E-state index contributed by atoms with van der Waals surface area (Å²) < 4.78 is 5.80. The van der Waals surface area contributed by atoms with Crippen molar-refractivity contribution in [1.82, 2.24) is 0 Å². The number of hydrogen-bond acceptors (Lipinski definition) is 1. The first-order valence-corrected chi connectivity index (χ1v) is 6.08. The van der Waals surface area contributed by atoms with Crippen molar-refractivity contribution in [2.24, 2.45) is 11.3 Å². The van der Waals surface area contributed by atoms with Gasteiger partial charge in [0.05, 0.1) is 5.60 Å². The van der Waals surface area contributed by atoms with E-state index in [-0.39, 0.29) is 11.0 Å². The van der Waals surface area contributed by atoms with Crippen LogP contribution in [0, 0.1) is 11.3 Å². The van der Waals surface area contributed by atoms with Crippen molar-refractivity contribution >= 4 is 6.92 Å². The molecule has 0 atom stereocenters. The smallest absolute Gasteiger partial charge is 0.287 e. The Hall–Kier alpha value is 0.0249. The maximum absolute atomic E-state index is 5.80. The Labute approximate surface area is 98.1 Å². The highest BCUT2D eigenvalue weighted by molar-refractivity contribution is 6.48. The topological polar surface area (TPSA) is 9.23 Å². The summed E-state index contributed by atoms with van der Waals surface area (Å²) in [5.41, 5.74) is 0.165. The van der Waals surface area contributed by atoms with E-state index in [1.54, 1.807) is 0 Å². The quantitative estimate of drug-likeness (QED) is 0.603. The molecule has 0 aliphatic carbocycles. The molecule has 0 aliphatic rings. The molecule has 1 nitrogen and oxygen atoms in total. The fourth-order valence-corrected chi connectivity index (χ4v) is 0.766. The standard InChI is InChI=1S/C9H21BO.C4H10/c1-8(2,3)9(4,5)11-10(6)7;1-4(2)3/h1-7H3;4H,1-3H3. The van der Waals surface area contributed by atoms with Crippen LogP contribution in [0.3, 0.4) is 0 Å².